The molecule has 0 saturated heterocycles. The third-order valence-electron chi connectivity index (χ3n) is 1.11. The highest BCUT2D eigenvalue weighted by Gasteiger charge is 2.20. The molecule has 0 spiro atoms. The molecule has 0 aliphatic heterocycles. The lowest BCUT2D eigenvalue weighted by molar-refractivity contribution is 0.418. The van der Waals surface area contributed by atoms with E-state index < -0.39 is 16.5 Å². The average molecular weight is 220 g/mol. The quantitative estimate of drug-likeness (QED) is 0.435. The van der Waals surface area contributed by atoms with Crippen molar-refractivity contribution in [3.05, 3.63) is 0 Å². The van der Waals surface area contributed by atoms with Gasteiger partial charge in [0.2, 0.25) is 0 Å². The van der Waals surface area contributed by atoms with E-state index in [9.17, 15) is 4.21 Å². The molecule has 11 heavy (non-hydrogen) atoms. The Morgan fingerprint density at radius 3 is 2.55 bits per heavy atom. The van der Waals surface area contributed by atoms with Gasteiger partial charge in [0.15, 0.2) is 11.1 Å². The summed E-state index contributed by atoms with van der Waals surface area (Å²) in [6.07, 6.45) is 0.827. The van der Waals surface area contributed by atoms with Gasteiger partial charge in [0.25, 0.3) is 0 Å². The first-order valence-electron chi connectivity index (χ1n) is 3.21. The number of hydrogen-bond acceptors (Lipinski definition) is 2. The molecule has 0 aliphatic carbocycles. The molecule has 68 valence electrons. The van der Waals surface area contributed by atoms with E-state index in [2.05, 4.69) is 0 Å². The van der Waals surface area contributed by atoms with E-state index in [1.807, 2.05) is 6.92 Å². The first-order chi connectivity index (χ1) is 5.13. The SMILES string of the molecule is CCCN(Cl)C(CCl)S(=O)O. The van der Waals surface area contributed by atoms with Crippen molar-refractivity contribution < 1.29 is 8.76 Å². The molecule has 0 aromatic rings. The zero-order valence-corrected chi connectivity index (χ0v) is 8.49. The van der Waals surface area contributed by atoms with Crippen molar-refractivity contribution in [3.8, 4) is 0 Å². The Bertz CT molecular complexity index is 136. The van der Waals surface area contributed by atoms with Crippen molar-refractivity contribution in [1.29, 1.82) is 0 Å². The topological polar surface area (TPSA) is 40.5 Å². The van der Waals surface area contributed by atoms with Crippen LogP contribution in [0, 0.1) is 0 Å². The molecule has 0 bridgehead atoms. The predicted molar refractivity (Wildman–Crippen MR) is 48.1 cm³/mol. The second-order valence-corrected chi connectivity index (χ2v) is 3.85. The molecular weight excluding hydrogens is 209 g/mol. The summed E-state index contributed by atoms with van der Waals surface area (Å²) in [6, 6.07) is 0. The van der Waals surface area contributed by atoms with Gasteiger partial charge >= 0.3 is 0 Å². The van der Waals surface area contributed by atoms with Gasteiger partial charge in [0.05, 0.1) is 5.88 Å². The fourth-order valence-electron chi connectivity index (χ4n) is 0.584. The number of hydrogen-bond donors (Lipinski definition) is 1. The van der Waals surface area contributed by atoms with Gasteiger partial charge in [-0.2, -0.15) is 0 Å². The van der Waals surface area contributed by atoms with Crippen LogP contribution < -0.4 is 0 Å². The summed E-state index contributed by atoms with van der Waals surface area (Å²) < 4.78 is 20.5. The highest BCUT2D eigenvalue weighted by molar-refractivity contribution is 7.80. The molecule has 0 aromatic carbocycles. The average Bonchev–Trinajstić information content (AvgIpc) is 1.88. The van der Waals surface area contributed by atoms with Crippen LogP contribution in [0.2, 0.25) is 0 Å². The molecule has 2 unspecified atom stereocenters. The van der Waals surface area contributed by atoms with Crippen LogP contribution in [-0.4, -0.2) is 31.0 Å². The highest BCUT2D eigenvalue weighted by atomic mass is 35.5. The van der Waals surface area contributed by atoms with Crippen molar-refractivity contribution in [3.63, 3.8) is 0 Å². The van der Waals surface area contributed by atoms with Gasteiger partial charge in [-0.1, -0.05) is 6.92 Å². The van der Waals surface area contributed by atoms with Crippen LogP contribution in [-0.2, 0) is 11.1 Å². The summed E-state index contributed by atoms with van der Waals surface area (Å²) in [5, 5.41) is -0.668. The van der Waals surface area contributed by atoms with Gasteiger partial charge in [-0.3, -0.25) is 0 Å². The van der Waals surface area contributed by atoms with Crippen LogP contribution in [0.1, 0.15) is 13.3 Å². The van der Waals surface area contributed by atoms with Crippen LogP contribution in [0.25, 0.3) is 0 Å². The molecule has 1 N–H and O–H groups in total. The van der Waals surface area contributed by atoms with E-state index in [-0.39, 0.29) is 5.88 Å². The first-order valence-corrected chi connectivity index (χ1v) is 5.25. The van der Waals surface area contributed by atoms with Crippen LogP contribution in [0.4, 0.5) is 0 Å². The number of rotatable bonds is 5. The zero-order valence-electron chi connectivity index (χ0n) is 6.17. The third-order valence-corrected chi connectivity index (χ3v) is 3.00. The lowest BCUT2D eigenvalue weighted by Crippen LogP contribution is -2.33. The molecule has 0 radical (unpaired) electrons. The summed E-state index contributed by atoms with van der Waals surface area (Å²) in [7, 11) is 0. The number of nitrogens with zero attached hydrogens (tertiary/aromatic N) is 1. The van der Waals surface area contributed by atoms with E-state index in [1.165, 1.54) is 4.42 Å². The highest BCUT2D eigenvalue weighted by Crippen LogP contribution is 2.09. The van der Waals surface area contributed by atoms with Crippen LogP contribution in [0.5, 0.6) is 0 Å². The molecule has 0 heterocycles. The Kier molecular flexibility index (Phi) is 6.56. The Balaban J connectivity index is 3.91. The summed E-state index contributed by atoms with van der Waals surface area (Å²) in [5.41, 5.74) is 0. The normalized spacial score (nSPS) is 16.8. The van der Waals surface area contributed by atoms with E-state index in [0.717, 1.165) is 6.42 Å². The number of halogens is 2. The van der Waals surface area contributed by atoms with Gasteiger partial charge in [0.1, 0.15) is 5.37 Å². The fourth-order valence-corrected chi connectivity index (χ4v) is 2.00. The Labute approximate surface area is 79.1 Å². The molecule has 0 saturated carbocycles. The molecule has 0 rings (SSSR count). The predicted octanol–water partition coefficient (Wildman–Crippen LogP) is 1.64. The van der Waals surface area contributed by atoms with E-state index >= 15 is 0 Å². The van der Waals surface area contributed by atoms with Gasteiger partial charge < -0.3 is 4.55 Å². The van der Waals surface area contributed by atoms with Gasteiger partial charge in [-0.15, -0.1) is 11.6 Å². The first kappa shape index (κ1) is 11.6. The molecule has 0 fully saturated rings. The number of alkyl halides is 1. The smallest absolute Gasteiger partial charge is 0.173 e. The summed E-state index contributed by atoms with van der Waals surface area (Å²) in [6.45, 7) is 2.49. The molecule has 6 heteroatoms. The largest absolute Gasteiger partial charge is 0.305 e. The second kappa shape index (κ2) is 6.20. The molecule has 0 aliphatic rings. The minimum Gasteiger partial charge on any atom is -0.305 e. The van der Waals surface area contributed by atoms with Gasteiger partial charge in [0, 0.05) is 6.54 Å². The lowest BCUT2D eigenvalue weighted by Gasteiger charge is -2.18. The second-order valence-electron chi connectivity index (χ2n) is 2.01. The zero-order chi connectivity index (χ0) is 8.85. The Hall–Kier alpha value is 0.650. The van der Waals surface area contributed by atoms with Gasteiger partial charge in [-0.05, 0) is 18.2 Å². The summed E-state index contributed by atoms with van der Waals surface area (Å²) in [5.74, 6) is 0.0621. The van der Waals surface area contributed by atoms with Gasteiger partial charge in [-0.25, -0.2) is 8.63 Å². The van der Waals surface area contributed by atoms with Crippen molar-refractivity contribution >= 4 is 34.5 Å². The maximum Gasteiger partial charge on any atom is 0.173 e. The molecular formula is C5H11Cl2NO2S. The Morgan fingerprint density at radius 1 is 1.73 bits per heavy atom. The molecule has 3 nitrogen and oxygen atoms in total. The summed E-state index contributed by atoms with van der Waals surface area (Å²) >= 11 is 9.08. The van der Waals surface area contributed by atoms with Crippen molar-refractivity contribution in [2.24, 2.45) is 0 Å². The lowest BCUT2D eigenvalue weighted by atomic mass is 10.5. The van der Waals surface area contributed by atoms with Crippen LogP contribution in [0.15, 0.2) is 0 Å². The molecule has 0 aromatic heterocycles. The van der Waals surface area contributed by atoms with Crippen LogP contribution >= 0.6 is 23.4 Å². The van der Waals surface area contributed by atoms with Crippen molar-refractivity contribution in [2.75, 3.05) is 12.4 Å². The maximum atomic E-state index is 10.5. The standard InChI is InChI=1S/C5H11Cl2NO2S/c1-2-3-8(7)5(4-6)11(9)10/h5H,2-4H2,1H3,(H,9,10). The maximum absolute atomic E-state index is 10.5. The molecule has 0 amide bonds. The summed E-state index contributed by atoms with van der Waals surface area (Å²) in [4.78, 5) is 0. The van der Waals surface area contributed by atoms with E-state index in [0.29, 0.717) is 6.54 Å². The third kappa shape index (κ3) is 4.28. The van der Waals surface area contributed by atoms with Crippen molar-refractivity contribution in [2.45, 2.75) is 18.7 Å². The minimum absolute atomic E-state index is 0.0621. The van der Waals surface area contributed by atoms with Crippen molar-refractivity contribution in [1.82, 2.24) is 4.42 Å². The van der Waals surface area contributed by atoms with Crippen LogP contribution in [0.3, 0.4) is 0 Å². The Morgan fingerprint density at radius 2 is 2.27 bits per heavy atom. The minimum atomic E-state index is -1.97. The van der Waals surface area contributed by atoms with E-state index in [1.54, 1.807) is 0 Å². The van der Waals surface area contributed by atoms with E-state index in [4.69, 9.17) is 27.9 Å². The fraction of sp³-hybridized carbons (Fsp3) is 1.00. The molecule has 2 atom stereocenters. The monoisotopic (exact) mass is 219 g/mol.